The molecule has 4 nitrogen and oxygen atoms in total. The van der Waals surface area contributed by atoms with Crippen LogP contribution in [0.3, 0.4) is 0 Å². The Hall–Kier alpha value is -1.89. The number of halogens is 1. The van der Waals surface area contributed by atoms with E-state index in [1.165, 1.54) is 27.6 Å². The van der Waals surface area contributed by atoms with Crippen LogP contribution in [-0.2, 0) is 17.6 Å². The van der Waals surface area contributed by atoms with Gasteiger partial charge in [-0.2, -0.15) is 0 Å². The quantitative estimate of drug-likeness (QED) is 0.387. The molecule has 0 spiro atoms. The van der Waals surface area contributed by atoms with Gasteiger partial charge in [-0.25, -0.2) is 4.79 Å². The number of thiophene rings is 2. The minimum absolute atomic E-state index is 0.284. The highest BCUT2D eigenvalue weighted by molar-refractivity contribution is 7.22. The summed E-state index contributed by atoms with van der Waals surface area (Å²) < 4.78 is 6.25. The van der Waals surface area contributed by atoms with Crippen LogP contribution < -0.4 is 5.32 Å². The number of rotatable bonds is 4. The predicted octanol–water partition coefficient (Wildman–Crippen LogP) is 6.31. The average Bonchev–Trinajstić information content (AvgIpc) is 3.10. The molecule has 4 rings (SSSR count). The first-order valence-corrected chi connectivity index (χ1v) is 11.4. The predicted molar refractivity (Wildman–Crippen MR) is 116 cm³/mol. The molecule has 1 N–H and O–H groups in total. The van der Waals surface area contributed by atoms with Crippen molar-refractivity contribution in [2.75, 3.05) is 11.9 Å². The first-order chi connectivity index (χ1) is 13.6. The van der Waals surface area contributed by atoms with E-state index in [9.17, 15) is 9.59 Å². The first-order valence-electron chi connectivity index (χ1n) is 9.40. The number of carbonyl (C=O) groups excluding carboxylic acids is 2. The number of anilines is 1. The van der Waals surface area contributed by atoms with Crippen LogP contribution in [0.4, 0.5) is 5.00 Å². The number of carbonyl (C=O) groups is 2. The van der Waals surface area contributed by atoms with E-state index in [4.69, 9.17) is 16.3 Å². The van der Waals surface area contributed by atoms with Crippen molar-refractivity contribution in [2.24, 2.45) is 0 Å². The Morgan fingerprint density at radius 3 is 2.71 bits per heavy atom. The van der Waals surface area contributed by atoms with Crippen molar-refractivity contribution in [3.63, 3.8) is 0 Å². The van der Waals surface area contributed by atoms with Gasteiger partial charge in [-0.05, 0) is 44.2 Å². The van der Waals surface area contributed by atoms with Gasteiger partial charge >= 0.3 is 5.97 Å². The molecule has 0 radical (unpaired) electrons. The summed E-state index contributed by atoms with van der Waals surface area (Å²) in [5, 5.41) is 4.84. The molecule has 146 valence electrons. The van der Waals surface area contributed by atoms with Crippen LogP contribution in [0.5, 0.6) is 0 Å². The fraction of sp³-hybridized carbons (Fsp3) is 0.333. The normalized spacial score (nSPS) is 13.8. The van der Waals surface area contributed by atoms with Crippen molar-refractivity contribution >= 4 is 61.2 Å². The summed E-state index contributed by atoms with van der Waals surface area (Å²) >= 11 is 9.31. The number of hydrogen-bond donors (Lipinski definition) is 1. The minimum Gasteiger partial charge on any atom is -0.462 e. The molecule has 1 aliphatic rings. The molecule has 2 heterocycles. The van der Waals surface area contributed by atoms with Crippen molar-refractivity contribution in [2.45, 2.75) is 39.0 Å². The molecule has 0 saturated carbocycles. The van der Waals surface area contributed by atoms with Gasteiger partial charge in [0.1, 0.15) is 9.88 Å². The van der Waals surface area contributed by atoms with Crippen molar-refractivity contribution in [3.8, 4) is 0 Å². The van der Waals surface area contributed by atoms with E-state index in [0.29, 0.717) is 27.1 Å². The van der Waals surface area contributed by atoms with Crippen LogP contribution in [0, 0.1) is 0 Å². The summed E-state index contributed by atoms with van der Waals surface area (Å²) in [6, 6.07) is 7.67. The molecule has 0 atom stereocenters. The zero-order valence-electron chi connectivity index (χ0n) is 15.5. The molecule has 0 saturated heterocycles. The number of fused-ring (bicyclic) bond motifs is 2. The topological polar surface area (TPSA) is 55.4 Å². The lowest BCUT2D eigenvalue weighted by molar-refractivity contribution is 0.0527. The zero-order valence-corrected chi connectivity index (χ0v) is 17.9. The molecule has 0 unspecified atom stereocenters. The van der Waals surface area contributed by atoms with Crippen LogP contribution in [0.25, 0.3) is 10.1 Å². The van der Waals surface area contributed by atoms with E-state index in [1.54, 1.807) is 6.92 Å². The van der Waals surface area contributed by atoms with Gasteiger partial charge in [-0.1, -0.05) is 36.2 Å². The number of esters is 1. The smallest absolute Gasteiger partial charge is 0.341 e. The molecule has 1 aromatic carbocycles. The number of ether oxygens (including phenoxy) is 1. The fourth-order valence-corrected chi connectivity index (χ4v) is 6.25. The highest BCUT2D eigenvalue weighted by Gasteiger charge is 2.27. The highest BCUT2D eigenvalue weighted by atomic mass is 35.5. The SMILES string of the molecule is CCOC(=O)c1c(NC(=O)c2sc3ccccc3c2Cl)sc2c1CCCCC2. The summed E-state index contributed by atoms with van der Waals surface area (Å²) in [6.07, 6.45) is 5.09. The monoisotopic (exact) mass is 433 g/mol. The zero-order chi connectivity index (χ0) is 19.7. The fourth-order valence-electron chi connectivity index (χ4n) is 3.57. The molecule has 3 aromatic rings. The summed E-state index contributed by atoms with van der Waals surface area (Å²) in [5.74, 6) is -0.646. The number of amides is 1. The summed E-state index contributed by atoms with van der Waals surface area (Å²) in [4.78, 5) is 27.3. The summed E-state index contributed by atoms with van der Waals surface area (Å²) in [5.41, 5.74) is 1.56. The number of nitrogens with one attached hydrogen (secondary N) is 1. The van der Waals surface area contributed by atoms with Gasteiger partial charge in [0.25, 0.3) is 5.91 Å². The summed E-state index contributed by atoms with van der Waals surface area (Å²) in [7, 11) is 0. The number of hydrogen-bond acceptors (Lipinski definition) is 5. The lowest BCUT2D eigenvalue weighted by Gasteiger charge is -2.08. The van der Waals surface area contributed by atoms with Crippen molar-refractivity contribution in [1.29, 1.82) is 0 Å². The summed E-state index contributed by atoms with van der Waals surface area (Å²) in [6.45, 7) is 2.09. The number of benzene rings is 1. The second-order valence-electron chi connectivity index (χ2n) is 6.68. The molecule has 28 heavy (non-hydrogen) atoms. The third kappa shape index (κ3) is 3.56. The van der Waals surface area contributed by atoms with Crippen LogP contribution >= 0.6 is 34.3 Å². The molecule has 0 bridgehead atoms. The van der Waals surface area contributed by atoms with E-state index < -0.39 is 0 Å². The highest BCUT2D eigenvalue weighted by Crippen LogP contribution is 2.40. The molecule has 0 aliphatic heterocycles. The maximum absolute atomic E-state index is 13.0. The lowest BCUT2D eigenvalue weighted by atomic mass is 10.1. The van der Waals surface area contributed by atoms with Gasteiger partial charge in [0.05, 0.1) is 17.2 Å². The Labute approximate surface area is 176 Å². The molecular weight excluding hydrogens is 414 g/mol. The Morgan fingerprint density at radius 2 is 1.93 bits per heavy atom. The van der Waals surface area contributed by atoms with Gasteiger partial charge in [-0.15, -0.1) is 22.7 Å². The van der Waals surface area contributed by atoms with Crippen LogP contribution in [-0.4, -0.2) is 18.5 Å². The van der Waals surface area contributed by atoms with E-state index in [2.05, 4.69) is 5.32 Å². The van der Waals surface area contributed by atoms with Crippen molar-refractivity contribution in [1.82, 2.24) is 0 Å². The van der Waals surface area contributed by atoms with E-state index in [0.717, 1.165) is 47.8 Å². The second kappa shape index (κ2) is 8.23. The van der Waals surface area contributed by atoms with Crippen LogP contribution in [0.1, 0.15) is 56.7 Å². The molecular formula is C21H20ClNO3S2. The largest absolute Gasteiger partial charge is 0.462 e. The molecule has 7 heteroatoms. The van der Waals surface area contributed by atoms with Gasteiger partial charge in [0.2, 0.25) is 0 Å². The Balaban J connectivity index is 1.71. The third-order valence-corrected chi connectivity index (χ3v) is 7.75. The third-order valence-electron chi connectivity index (χ3n) is 4.87. The Morgan fingerprint density at radius 1 is 1.14 bits per heavy atom. The standard InChI is InChI=1S/C21H20ClNO3S2/c1-2-26-21(25)16-12-8-4-3-5-10-14(12)28-20(16)23-19(24)18-17(22)13-9-6-7-11-15(13)27-18/h6-7,9,11H,2-5,8,10H2,1H3,(H,23,24). The van der Waals surface area contributed by atoms with Gasteiger partial charge in [-0.3, -0.25) is 4.79 Å². The maximum atomic E-state index is 13.0. The van der Waals surface area contributed by atoms with Gasteiger partial charge < -0.3 is 10.1 Å². The van der Waals surface area contributed by atoms with Crippen molar-refractivity contribution in [3.05, 3.63) is 50.2 Å². The first kappa shape index (κ1) is 19.4. The Bertz CT molecular complexity index is 1050. The van der Waals surface area contributed by atoms with Gasteiger partial charge in [0.15, 0.2) is 0 Å². The lowest BCUT2D eigenvalue weighted by Crippen LogP contribution is -2.14. The van der Waals surface area contributed by atoms with Crippen LogP contribution in [0.15, 0.2) is 24.3 Å². The van der Waals surface area contributed by atoms with E-state index >= 15 is 0 Å². The van der Waals surface area contributed by atoms with E-state index in [1.807, 2.05) is 24.3 Å². The van der Waals surface area contributed by atoms with Crippen molar-refractivity contribution < 1.29 is 14.3 Å². The molecule has 2 aromatic heterocycles. The molecule has 1 aliphatic carbocycles. The minimum atomic E-state index is -0.361. The van der Waals surface area contributed by atoms with Gasteiger partial charge in [0, 0.05) is 15.0 Å². The molecule has 0 fully saturated rings. The average molecular weight is 434 g/mol. The number of aryl methyl sites for hydroxylation is 1. The second-order valence-corrected chi connectivity index (χ2v) is 9.22. The van der Waals surface area contributed by atoms with Crippen LogP contribution in [0.2, 0.25) is 5.02 Å². The Kier molecular flexibility index (Phi) is 5.71. The van der Waals surface area contributed by atoms with E-state index in [-0.39, 0.29) is 11.9 Å². The maximum Gasteiger partial charge on any atom is 0.341 e. The molecule has 1 amide bonds.